The average molecular weight is 1110 g/mol. The molecule has 0 saturated carbocycles. The molecule has 0 aromatic heterocycles. The highest BCUT2D eigenvalue weighted by Crippen LogP contribution is 2.37. The Morgan fingerprint density at radius 2 is 0.988 bits per heavy atom. The van der Waals surface area contributed by atoms with Gasteiger partial charge in [-0.05, 0) is 94.6 Å². The van der Waals surface area contributed by atoms with Crippen molar-refractivity contribution in [1.29, 1.82) is 0 Å². The summed E-state index contributed by atoms with van der Waals surface area (Å²) in [5, 5.41) is 21.5. The van der Waals surface area contributed by atoms with E-state index < -0.39 is 112 Å². The van der Waals surface area contributed by atoms with Crippen LogP contribution in [0.25, 0.3) is 21.5 Å². The zero-order valence-electron chi connectivity index (χ0n) is 48.7. The summed E-state index contributed by atoms with van der Waals surface area (Å²) >= 11 is 0. The average Bonchev–Trinajstić information content (AvgIpc) is 4.18. The third-order valence-corrected chi connectivity index (χ3v) is 15.9. The summed E-state index contributed by atoms with van der Waals surface area (Å²) in [6.45, 7) is 14.3. The first-order valence-electron chi connectivity index (χ1n) is 27.7. The second-order valence-corrected chi connectivity index (χ2v) is 23.7. The maximum atomic E-state index is 15.3. The molecule has 0 spiro atoms. The Morgan fingerprint density at radius 1 is 0.543 bits per heavy atom. The molecule has 0 aliphatic carbocycles. The Labute approximate surface area is 475 Å². The van der Waals surface area contributed by atoms with E-state index in [2.05, 4.69) is 31.9 Å². The van der Waals surface area contributed by atoms with Gasteiger partial charge < -0.3 is 51.2 Å². The van der Waals surface area contributed by atoms with Crippen LogP contribution >= 0.6 is 0 Å². The predicted molar refractivity (Wildman–Crippen MR) is 310 cm³/mol. The molecule has 1 fully saturated rings. The van der Waals surface area contributed by atoms with Crippen LogP contribution in [0.2, 0.25) is 0 Å². The summed E-state index contributed by atoms with van der Waals surface area (Å²) in [6, 6.07) is 25.0. The standard InChI is InChI=1S/C63H80N8O10/c1-36(64-9)54(72)68-52(62(3,4)5)58(76)70-34-46-31-44(25-26-45(46)32-50(70)56(74)66-48(60(78)80-11)29-38-21-23-40-17-13-15-19-42(40)27-38)47-33-51(71(35-47)59(77)53(63(6,7)8)69-55(73)37(2)65-10)57(75)67-49(61(79)81-12)30-39-22-24-41-18-14-16-20-43(41)28-39/h13-28,31,36-37,47-53,64-65H,29-30,32-35H2,1-12H3,(H,66,74)(H,67,75)(H,68,72)(H,69,73). The number of ether oxygens (including phenoxy) is 2. The number of carbonyl (C=O) groups is 8. The van der Waals surface area contributed by atoms with E-state index in [0.29, 0.717) is 5.56 Å². The minimum absolute atomic E-state index is 0.0409. The molecule has 2 heterocycles. The number of methoxy groups -OCH3 is 2. The maximum Gasteiger partial charge on any atom is 0.328 e. The third-order valence-electron chi connectivity index (χ3n) is 15.9. The Kier molecular flexibility index (Phi) is 19.4. The molecule has 9 atom stereocenters. The number of likely N-dealkylation sites (tertiary alicyclic amines) is 1. The van der Waals surface area contributed by atoms with Gasteiger partial charge in [0.1, 0.15) is 36.3 Å². The van der Waals surface area contributed by atoms with Gasteiger partial charge in [-0.25, -0.2) is 9.59 Å². The quantitative estimate of drug-likeness (QED) is 0.0600. The highest BCUT2D eigenvalue weighted by Gasteiger charge is 2.48. The van der Waals surface area contributed by atoms with E-state index in [-0.39, 0.29) is 38.8 Å². The van der Waals surface area contributed by atoms with E-state index in [1.807, 2.05) is 145 Å². The first-order valence-corrected chi connectivity index (χ1v) is 27.7. The van der Waals surface area contributed by atoms with E-state index in [4.69, 9.17) is 9.47 Å². The van der Waals surface area contributed by atoms with Gasteiger partial charge in [0, 0.05) is 38.3 Å². The molecule has 432 valence electrons. The van der Waals surface area contributed by atoms with Crippen LogP contribution in [-0.4, -0.2) is 140 Å². The second-order valence-electron chi connectivity index (χ2n) is 23.7. The summed E-state index contributed by atoms with van der Waals surface area (Å²) in [5.74, 6) is -4.78. The highest BCUT2D eigenvalue weighted by molar-refractivity contribution is 5.97. The van der Waals surface area contributed by atoms with Crippen molar-refractivity contribution in [3.8, 4) is 0 Å². The van der Waals surface area contributed by atoms with E-state index in [9.17, 15) is 28.8 Å². The number of benzene rings is 5. The van der Waals surface area contributed by atoms with Crippen molar-refractivity contribution < 1.29 is 47.8 Å². The fourth-order valence-electron chi connectivity index (χ4n) is 10.7. The molecule has 0 radical (unpaired) electrons. The second kappa shape index (κ2) is 25.8. The number of carbonyl (C=O) groups excluding carboxylic acids is 8. The Hall–Kier alpha value is -7.70. The van der Waals surface area contributed by atoms with Gasteiger partial charge in [0.2, 0.25) is 35.4 Å². The number of esters is 2. The Balaban J connectivity index is 1.24. The lowest BCUT2D eigenvalue weighted by molar-refractivity contribution is -0.149. The van der Waals surface area contributed by atoms with Gasteiger partial charge >= 0.3 is 11.9 Å². The van der Waals surface area contributed by atoms with Crippen LogP contribution in [0.3, 0.4) is 0 Å². The highest BCUT2D eigenvalue weighted by atomic mass is 16.5. The smallest absolute Gasteiger partial charge is 0.328 e. The summed E-state index contributed by atoms with van der Waals surface area (Å²) in [6.07, 6.45) is 0.383. The molecule has 18 heteroatoms. The molecule has 6 N–H and O–H groups in total. The summed E-state index contributed by atoms with van der Waals surface area (Å²) in [5.41, 5.74) is 2.11. The number of fused-ring (bicyclic) bond motifs is 3. The topological polar surface area (TPSA) is 234 Å². The van der Waals surface area contributed by atoms with Crippen LogP contribution in [0.1, 0.15) is 95.5 Å². The maximum absolute atomic E-state index is 15.3. The van der Waals surface area contributed by atoms with Crippen LogP contribution in [-0.2, 0) is 73.6 Å². The van der Waals surface area contributed by atoms with Gasteiger partial charge in [-0.1, -0.05) is 145 Å². The summed E-state index contributed by atoms with van der Waals surface area (Å²) < 4.78 is 10.4. The monoisotopic (exact) mass is 1110 g/mol. The molecular weight excluding hydrogens is 1030 g/mol. The molecule has 5 aromatic rings. The van der Waals surface area contributed by atoms with Crippen molar-refractivity contribution in [2.45, 2.75) is 142 Å². The van der Waals surface area contributed by atoms with Crippen LogP contribution in [0.4, 0.5) is 0 Å². The molecule has 18 nitrogen and oxygen atoms in total. The Bertz CT molecular complexity index is 3170. The van der Waals surface area contributed by atoms with Crippen molar-refractivity contribution in [2.75, 3.05) is 34.9 Å². The Morgan fingerprint density at radius 3 is 1.43 bits per heavy atom. The minimum atomic E-state index is -1.14. The number of nitrogens with one attached hydrogen (secondary N) is 6. The molecule has 2 aliphatic rings. The number of amides is 6. The van der Waals surface area contributed by atoms with Crippen LogP contribution in [0.15, 0.2) is 103 Å². The predicted octanol–water partition coefficient (Wildman–Crippen LogP) is 5.01. The molecule has 2 aliphatic heterocycles. The zero-order chi connectivity index (χ0) is 59.1. The number of hydrogen-bond donors (Lipinski definition) is 6. The van der Waals surface area contributed by atoms with E-state index in [1.54, 1.807) is 27.9 Å². The van der Waals surface area contributed by atoms with Gasteiger partial charge in [-0.15, -0.1) is 0 Å². The fraction of sp³-hybridized carbons (Fsp3) is 0.460. The molecule has 6 amide bonds. The SMILES string of the molecule is CNC(C)C(=O)NC(C(=O)N1Cc2cc(C3CC(C(=O)NC(Cc4ccc5ccccc5c4)C(=O)OC)N(C(=O)C(NC(=O)C(C)NC)C(C)(C)C)C3)ccc2CC1C(=O)NC(Cc1ccc2ccccc2c1)C(=O)OC)C(C)(C)C. The lowest BCUT2D eigenvalue weighted by Gasteiger charge is -2.41. The van der Waals surface area contributed by atoms with Crippen molar-refractivity contribution in [3.05, 3.63) is 131 Å². The van der Waals surface area contributed by atoms with Crippen LogP contribution in [0.5, 0.6) is 0 Å². The normalized spacial score (nSPS) is 18.5. The molecule has 0 bridgehead atoms. The van der Waals surface area contributed by atoms with Crippen molar-refractivity contribution in [2.24, 2.45) is 10.8 Å². The van der Waals surface area contributed by atoms with E-state index in [1.165, 1.54) is 24.0 Å². The number of nitrogens with zero attached hydrogens (tertiary/aromatic N) is 2. The van der Waals surface area contributed by atoms with Gasteiger partial charge in [-0.3, -0.25) is 28.8 Å². The lowest BCUT2D eigenvalue weighted by Crippen LogP contribution is -2.62. The van der Waals surface area contributed by atoms with Crippen molar-refractivity contribution in [1.82, 2.24) is 41.7 Å². The molecule has 5 aromatic carbocycles. The first-order chi connectivity index (χ1) is 38.3. The zero-order valence-corrected chi connectivity index (χ0v) is 48.7. The van der Waals surface area contributed by atoms with Crippen molar-refractivity contribution >= 4 is 68.9 Å². The van der Waals surface area contributed by atoms with Crippen molar-refractivity contribution in [3.63, 3.8) is 0 Å². The number of likely N-dealkylation sites (N-methyl/N-ethyl adjacent to an activating group) is 2. The van der Waals surface area contributed by atoms with E-state index >= 15 is 9.59 Å². The van der Waals surface area contributed by atoms with Crippen LogP contribution < -0.4 is 31.9 Å². The lowest BCUT2D eigenvalue weighted by atomic mass is 9.83. The van der Waals surface area contributed by atoms with E-state index in [0.717, 1.165) is 43.8 Å². The number of rotatable bonds is 19. The first kappa shape index (κ1) is 60.9. The minimum Gasteiger partial charge on any atom is -0.467 e. The van der Waals surface area contributed by atoms with Gasteiger partial charge in [-0.2, -0.15) is 0 Å². The summed E-state index contributed by atoms with van der Waals surface area (Å²) in [7, 11) is 5.78. The largest absolute Gasteiger partial charge is 0.467 e. The molecule has 81 heavy (non-hydrogen) atoms. The van der Waals surface area contributed by atoms with Crippen LogP contribution in [0, 0.1) is 10.8 Å². The van der Waals surface area contributed by atoms with Gasteiger partial charge in [0.05, 0.1) is 26.3 Å². The molecule has 9 unspecified atom stereocenters. The molecule has 1 saturated heterocycles. The fourth-order valence-corrected chi connectivity index (χ4v) is 10.7. The number of hydrogen-bond acceptors (Lipinski definition) is 12. The van der Waals surface area contributed by atoms with Gasteiger partial charge in [0.15, 0.2) is 0 Å². The third kappa shape index (κ3) is 14.4. The molecule has 7 rings (SSSR count). The molecular formula is C63H80N8O10. The van der Waals surface area contributed by atoms with Gasteiger partial charge in [0.25, 0.3) is 0 Å². The summed E-state index contributed by atoms with van der Waals surface area (Å²) in [4.78, 5) is 117.